The zero-order valence-electron chi connectivity index (χ0n) is 19.8. The van der Waals surface area contributed by atoms with Gasteiger partial charge in [0.25, 0.3) is 10.1 Å². The van der Waals surface area contributed by atoms with Gasteiger partial charge in [0.05, 0.1) is 37.2 Å². The zero-order chi connectivity index (χ0) is 23.9. The van der Waals surface area contributed by atoms with Crippen LogP contribution in [0.5, 0.6) is 0 Å². The van der Waals surface area contributed by atoms with E-state index >= 15 is 0 Å². The molecule has 1 unspecified atom stereocenters. The first-order valence-corrected chi connectivity index (χ1v) is 12.4. The minimum atomic E-state index is -3.99. The standard InChI is InChI=1S/C24H36O7S/c1-17(2)21(12-9-19(4)23(25)28-6)22(13-14-24(5)29-15-16-30-24)31-32(26,27)20-10-7-18(3)8-11-20/h7-8,10-11,19,21-22H,1,9,12-16H2,2-6H3/t19?,21-,22-/m1/s1. The van der Waals surface area contributed by atoms with Crippen molar-refractivity contribution >= 4 is 16.1 Å². The Hall–Kier alpha value is -1.74. The van der Waals surface area contributed by atoms with Gasteiger partial charge in [0.2, 0.25) is 0 Å². The fourth-order valence-corrected chi connectivity index (χ4v) is 4.98. The highest BCUT2D eigenvalue weighted by atomic mass is 32.2. The smallest absolute Gasteiger partial charge is 0.308 e. The summed E-state index contributed by atoms with van der Waals surface area (Å²) in [5, 5.41) is 0. The van der Waals surface area contributed by atoms with Crippen molar-refractivity contribution < 1.29 is 31.6 Å². The molecule has 180 valence electrons. The largest absolute Gasteiger partial charge is 0.469 e. The molecule has 8 heteroatoms. The number of ether oxygens (including phenoxy) is 3. The van der Waals surface area contributed by atoms with Gasteiger partial charge in [0, 0.05) is 12.3 Å². The lowest BCUT2D eigenvalue weighted by Gasteiger charge is -2.31. The van der Waals surface area contributed by atoms with E-state index in [0.29, 0.717) is 38.9 Å². The molecule has 1 aliphatic heterocycles. The molecular weight excluding hydrogens is 432 g/mol. The van der Waals surface area contributed by atoms with Gasteiger partial charge in [-0.05, 0) is 52.2 Å². The Morgan fingerprint density at radius 2 is 1.75 bits per heavy atom. The number of esters is 1. The molecule has 1 saturated heterocycles. The van der Waals surface area contributed by atoms with Crippen molar-refractivity contribution in [1.29, 1.82) is 0 Å². The molecule has 2 rings (SSSR count). The Bertz CT molecular complexity index is 870. The van der Waals surface area contributed by atoms with Crippen molar-refractivity contribution in [2.45, 2.75) is 70.2 Å². The first kappa shape index (κ1) is 26.5. The maximum atomic E-state index is 13.1. The lowest BCUT2D eigenvalue weighted by atomic mass is 9.85. The third-order valence-electron chi connectivity index (χ3n) is 5.94. The number of aryl methyl sites for hydroxylation is 1. The van der Waals surface area contributed by atoms with Crippen molar-refractivity contribution in [3.63, 3.8) is 0 Å². The van der Waals surface area contributed by atoms with Crippen molar-refractivity contribution in [2.24, 2.45) is 11.8 Å². The minimum Gasteiger partial charge on any atom is -0.469 e. The zero-order valence-corrected chi connectivity index (χ0v) is 20.6. The maximum Gasteiger partial charge on any atom is 0.308 e. The molecule has 0 aliphatic carbocycles. The van der Waals surface area contributed by atoms with E-state index < -0.39 is 22.0 Å². The Morgan fingerprint density at radius 1 is 1.16 bits per heavy atom. The van der Waals surface area contributed by atoms with Crippen LogP contribution >= 0.6 is 0 Å². The summed E-state index contributed by atoms with van der Waals surface area (Å²) in [4.78, 5) is 11.9. The molecule has 7 nitrogen and oxygen atoms in total. The molecule has 0 radical (unpaired) electrons. The average molecular weight is 469 g/mol. The number of carbonyl (C=O) groups is 1. The molecule has 3 atom stereocenters. The highest BCUT2D eigenvalue weighted by Gasteiger charge is 2.36. The Morgan fingerprint density at radius 3 is 2.28 bits per heavy atom. The van der Waals surface area contributed by atoms with Gasteiger partial charge < -0.3 is 14.2 Å². The Balaban J connectivity index is 2.24. The fourth-order valence-electron chi connectivity index (χ4n) is 3.84. The van der Waals surface area contributed by atoms with E-state index in [1.807, 2.05) is 20.8 Å². The highest BCUT2D eigenvalue weighted by molar-refractivity contribution is 7.86. The Kier molecular flexibility index (Phi) is 9.45. The predicted molar refractivity (Wildman–Crippen MR) is 121 cm³/mol. The van der Waals surface area contributed by atoms with Crippen LogP contribution in [0, 0.1) is 18.8 Å². The van der Waals surface area contributed by atoms with Gasteiger partial charge in [-0.2, -0.15) is 8.42 Å². The molecule has 0 spiro atoms. The molecule has 0 bridgehead atoms. The van der Waals surface area contributed by atoms with Gasteiger partial charge in [0.1, 0.15) is 0 Å². The van der Waals surface area contributed by atoms with E-state index in [1.165, 1.54) is 7.11 Å². The highest BCUT2D eigenvalue weighted by Crippen LogP contribution is 2.33. The SMILES string of the molecule is C=C(C)[C@@H](CCC(C)C(=O)OC)[C@@H](CCC1(C)OCCO1)OS(=O)(=O)c1ccc(C)cc1. The summed E-state index contributed by atoms with van der Waals surface area (Å²) in [6, 6.07) is 6.56. The molecule has 1 heterocycles. The van der Waals surface area contributed by atoms with Crippen molar-refractivity contribution in [3.8, 4) is 0 Å². The second-order valence-electron chi connectivity index (χ2n) is 8.73. The molecule has 0 aromatic heterocycles. The van der Waals surface area contributed by atoms with Crippen LogP contribution in [0.3, 0.4) is 0 Å². The van der Waals surface area contributed by atoms with Crippen LogP contribution in [-0.2, 0) is 33.3 Å². The van der Waals surface area contributed by atoms with Crippen LogP contribution in [0.15, 0.2) is 41.3 Å². The summed E-state index contributed by atoms with van der Waals surface area (Å²) in [5.41, 5.74) is 1.75. The predicted octanol–water partition coefficient (Wildman–Crippen LogP) is 4.39. The maximum absolute atomic E-state index is 13.1. The van der Waals surface area contributed by atoms with Crippen LogP contribution in [-0.4, -0.2) is 46.6 Å². The molecule has 0 saturated carbocycles. The number of rotatable bonds is 12. The van der Waals surface area contributed by atoms with E-state index in [4.69, 9.17) is 18.4 Å². The van der Waals surface area contributed by atoms with Gasteiger partial charge in [-0.15, -0.1) is 0 Å². The summed E-state index contributed by atoms with van der Waals surface area (Å²) in [5.74, 6) is -1.65. The number of hydrogen-bond acceptors (Lipinski definition) is 7. The molecule has 1 aromatic carbocycles. The number of hydrogen-bond donors (Lipinski definition) is 0. The third-order valence-corrected chi connectivity index (χ3v) is 7.29. The molecule has 0 amide bonds. The number of benzene rings is 1. The molecule has 1 aliphatic rings. The van der Waals surface area contributed by atoms with E-state index in [-0.39, 0.29) is 22.7 Å². The van der Waals surface area contributed by atoms with Crippen molar-refractivity contribution in [1.82, 2.24) is 0 Å². The summed E-state index contributed by atoms with van der Waals surface area (Å²) >= 11 is 0. The first-order valence-electron chi connectivity index (χ1n) is 11.0. The molecule has 0 N–H and O–H groups in total. The third kappa shape index (κ3) is 7.40. The average Bonchev–Trinajstić information content (AvgIpc) is 3.17. The van der Waals surface area contributed by atoms with E-state index in [2.05, 4.69) is 6.58 Å². The fraction of sp³-hybridized carbons (Fsp3) is 0.625. The van der Waals surface area contributed by atoms with Crippen molar-refractivity contribution in [2.75, 3.05) is 20.3 Å². The second-order valence-corrected chi connectivity index (χ2v) is 10.3. The van der Waals surface area contributed by atoms with Crippen LogP contribution in [0.25, 0.3) is 0 Å². The van der Waals surface area contributed by atoms with Crippen LogP contribution in [0.4, 0.5) is 0 Å². The summed E-state index contributed by atoms with van der Waals surface area (Å²) < 4.78 is 48.1. The summed E-state index contributed by atoms with van der Waals surface area (Å²) in [7, 11) is -2.64. The first-order chi connectivity index (χ1) is 15.0. The van der Waals surface area contributed by atoms with Gasteiger partial charge in [-0.3, -0.25) is 8.98 Å². The van der Waals surface area contributed by atoms with Gasteiger partial charge in [0.15, 0.2) is 5.79 Å². The van der Waals surface area contributed by atoms with Crippen LogP contribution < -0.4 is 0 Å². The minimum absolute atomic E-state index is 0.107. The lowest BCUT2D eigenvalue weighted by Crippen LogP contribution is -2.33. The summed E-state index contributed by atoms with van der Waals surface area (Å²) in [6.07, 6.45) is 1.26. The molecule has 1 fully saturated rings. The number of carbonyl (C=O) groups excluding carboxylic acids is 1. The molecule has 32 heavy (non-hydrogen) atoms. The van der Waals surface area contributed by atoms with Crippen molar-refractivity contribution in [3.05, 3.63) is 42.0 Å². The molecular formula is C24H36O7S. The van der Waals surface area contributed by atoms with Gasteiger partial charge in [-0.1, -0.05) is 36.8 Å². The molecule has 1 aromatic rings. The van der Waals surface area contributed by atoms with Gasteiger partial charge in [-0.25, -0.2) is 0 Å². The number of methoxy groups -OCH3 is 1. The quantitative estimate of drug-likeness (QED) is 0.255. The van der Waals surface area contributed by atoms with E-state index in [9.17, 15) is 13.2 Å². The monoisotopic (exact) mass is 468 g/mol. The van der Waals surface area contributed by atoms with Gasteiger partial charge >= 0.3 is 5.97 Å². The lowest BCUT2D eigenvalue weighted by molar-refractivity contribution is -0.151. The Labute approximate surface area is 192 Å². The topological polar surface area (TPSA) is 88.1 Å². The van der Waals surface area contributed by atoms with E-state index in [0.717, 1.165) is 11.1 Å². The normalized spacial score (nSPS) is 18.7. The van der Waals surface area contributed by atoms with E-state index in [1.54, 1.807) is 31.2 Å². The van der Waals surface area contributed by atoms with Crippen LogP contribution in [0.1, 0.15) is 52.0 Å². The summed E-state index contributed by atoms with van der Waals surface area (Å²) in [6.45, 7) is 12.5. The van der Waals surface area contributed by atoms with Crippen LogP contribution in [0.2, 0.25) is 0 Å². The second kappa shape index (κ2) is 11.4.